The Hall–Kier alpha value is -0.430. The predicted molar refractivity (Wildman–Crippen MR) is 79.4 cm³/mol. The minimum Gasteiger partial charge on any atom is -0.313 e. The van der Waals surface area contributed by atoms with E-state index >= 15 is 0 Å². The van der Waals surface area contributed by atoms with Crippen molar-refractivity contribution in [3.8, 4) is 0 Å². The van der Waals surface area contributed by atoms with E-state index < -0.39 is 10.0 Å². The van der Waals surface area contributed by atoms with Crippen LogP contribution in [0.2, 0.25) is 0 Å². The zero-order valence-corrected chi connectivity index (χ0v) is 13.4. The molecule has 0 amide bonds. The summed E-state index contributed by atoms with van der Waals surface area (Å²) >= 11 is 3.32. The monoisotopic (exact) mass is 346 g/mol. The van der Waals surface area contributed by atoms with Crippen molar-refractivity contribution >= 4 is 26.0 Å². The number of nitrogens with one attached hydrogen (secondary N) is 2. The van der Waals surface area contributed by atoms with E-state index in [1.165, 1.54) is 0 Å². The van der Waals surface area contributed by atoms with Crippen molar-refractivity contribution in [2.75, 3.05) is 13.1 Å². The number of hydrogen-bond donors (Lipinski definition) is 2. The Morgan fingerprint density at radius 1 is 1.37 bits per heavy atom. The summed E-state index contributed by atoms with van der Waals surface area (Å²) in [6.07, 6.45) is 2.26. The lowest BCUT2D eigenvalue weighted by Crippen LogP contribution is -2.26. The maximum atomic E-state index is 12.2. The van der Waals surface area contributed by atoms with E-state index in [1.807, 2.05) is 13.0 Å². The van der Waals surface area contributed by atoms with E-state index in [-0.39, 0.29) is 0 Å². The molecular formula is C13H19BrN2O2S. The molecule has 0 aliphatic heterocycles. The van der Waals surface area contributed by atoms with Gasteiger partial charge in [0, 0.05) is 17.6 Å². The molecule has 0 radical (unpaired) electrons. The summed E-state index contributed by atoms with van der Waals surface area (Å²) in [4.78, 5) is 0.323. The van der Waals surface area contributed by atoms with Gasteiger partial charge in [-0.25, -0.2) is 13.1 Å². The van der Waals surface area contributed by atoms with E-state index in [4.69, 9.17) is 0 Å². The van der Waals surface area contributed by atoms with Crippen molar-refractivity contribution in [2.45, 2.75) is 31.2 Å². The second-order valence-corrected chi connectivity index (χ2v) is 7.43. The Balaban J connectivity index is 2.15. The average Bonchev–Trinajstić information content (AvgIpc) is 3.19. The topological polar surface area (TPSA) is 58.2 Å². The van der Waals surface area contributed by atoms with Crippen LogP contribution in [0.25, 0.3) is 0 Å². The van der Waals surface area contributed by atoms with Crippen LogP contribution < -0.4 is 10.0 Å². The van der Waals surface area contributed by atoms with Crippen molar-refractivity contribution in [1.29, 1.82) is 0 Å². The van der Waals surface area contributed by atoms with Crippen molar-refractivity contribution in [2.24, 2.45) is 5.92 Å². The van der Waals surface area contributed by atoms with Crippen LogP contribution in [-0.4, -0.2) is 21.5 Å². The van der Waals surface area contributed by atoms with Crippen LogP contribution in [0.4, 0.5) is 0 Å². The SMILES string of the molecule is CCNCc1ccc(Br)c(S(=O)(=O)NCC2CC2)c1. The van der Waals surface area contributed by atoms with Crippen molar-refractivity contribution in [1.82, 2.24) is 10.0 Å². The molecule has 0 aromatic heterocycles. The quantitative estimate of drug-likeness (QED) is 0.795. The van der Waals surface area contributed by atoms with Gasteiger partial charge in [-0.15, -0.1) is 0 Å². The van der Waals surface area contributed by atoms with Crippen LogP contribution in [0.15, 0.2) is 27.6 Å². The molecule has 0 bridgehead atoms. The average molecular weight is 347 g/mol. The van der Waals surface area contributed by atoms with Gasteiger partial charge in [0.25, 0.3) is 0 Å². The minimum atomic E-state index is -3.42. The lowest BCUT2D eigenvalue weighted by molar-refractivity contribution is 0.576. The summed E-state index contributed by atoms with van der Waals surface area (Å²) < 4.78 is 27.8. The van der Waals surface area contributed by atoms with Crippen LogP contribution >= 0.6 is 15.9 Å². The van der Waals surface area contributed by atoms with Crippen LogP contribution in [-0.2, 0) is 16.6 Å². The fourth-order valence-electron chi connectivity index (χ4n) is 1.76. The molecule has 4 nitrogen and oxygen atoms in total. The van der Waals surface area contributed by atoms with Gasteiger partial charge in [-0.2, -0.15) is 0 Å². The normalized spacial score (nSPS) is 15.7. The van der Waals surface area contributed by atoms with Gasteiger partial charge < -0.3 is 5.32 Å². The van der Waals surface area contributed by atoms with Gasteiger partial charge in [-0.3, -0.25) is 0 Å². The van der Waals surface area contributed by atoms with Gasteiger partial charge in [-0.05, 0) is 58.9 Å². The van der Waals surface area contributed by atoms with Crippen molar-refractivity contribution in [3.05, 3.63) is 28.2 Å². The Morgan fingerprint density at radius 2 is 2.11 bits per heavy atom. The van der Waals surface area contributed by atoms with Crippen molar-refractivity contribution < 1.29 is 8.42 Å². The molecule has 1 saturated carbocycles. The molecule has 1 aromatic carbocycles. The highest BCUT2D eigenvalue weighted by atomic mass is 79.9. The zero-order chi connectivity index (χ0) is 13.9. The molecular weight excluding hydrogens is 328 g/mol. The van der Waals surface area contributed by atoms with Crippen molar-refractivity contribution in [3.63, 3.8) is 0 Å². The van der Waals surface area contributed by atoms with Crippen LogP contribution in [0.3, 0.4) is 0 Å². The van der Waals surface area contributed by atoms with Crippen LogP contribution in [0.1, 0.15) is 25.3 Å². The van der Waals surface area contributed by atoms with E-state index in [1.54, 1.807) is 12.1 Å². The Morgan fingerprint density at radius 3 is 2.74 bits per heavy atom. The van der Waals surface area contributed by atoms with Gasteiger partial charge in [0.15, 0.2) is 0 Å². The summed E-state index contributed by atoms with van der Waals surface area (Å²) in [7, 11) is -3.42. The predicted octanol–water partition coefficient (Wildman–Crippen LogP) is 2.25. The maximum Gasteiger partial charge on any atom is 0.241 e. The summed E-state index contributed by atoms with van der Waals surface area (Å²) in [5.74, 6) is 0.526. The molecule has 2 N–H and O–H groups in total. The van der Waals surface area contributed by atoms with Gasteiger partial charge >= 0.3 is 0 Å². The third-order valence-electron chi connectivity index (χ3n) is 3.12. The third-order valence-corrected chi connectivity index (χ3v) is 5.54. The molecule has 1 aliphatic carbocycles. The molecule has 0 saturated heterocycles. The molecule has 0 heterocycles. The first-order chi connectivity index (χ1) is 9.03. The molecule has 0 atom stereocenters. The third kappa shape index (κ3) is 4.27. The molecule has 1 fully saturated rings. The summed E-state index contributed by atoms with van der Waals surface area (Å²) in [6, 6.07) is 5.44. The second kappa shape index (κ2) is 6.35. The van der Waals surface area contributed by atoms with E-state index in [0.29, 0.717) is 28.4 Å². The highest BCUT2D eigenvalue weighted by Gasteiger charge is 2.25. The zero-order valence-electron chi connectivity index (χ0n) is 10.9. The van der Waals surface area contributed by atoms with Crippen LogP contribution in [0, 0.1) is 5.92 Å². The summed E-state index contributed by atoms with van der Waals surface area (Å²) in [6.45, 7) is 4.10. The highest BCUT2D eigenvalue weighted by molar-refractivity contribution is 9.10. The van der Waals surface area contributed by atoms with Gasteiger partial charge in [0.1, 0.15) is 0 Å². The number of rotatable bonds is 7. The van der Waals surface area contributed by atoms with Gasteiger partial charge in [0.2, 0.25) is 10.0 Å². The minimum absolute atomic E-state index is 0.323. The van der Waals surface area contributed by atoms with Gasteiger partial charge in [0.05, 0.1) is 4.90 Å². The lowest BCUT2D eigenvalue weighted by Gasteiger charge is -2.10. The van der Waals surface area contributed by atoms with Crippen LogP contribution in [0.5, 0.6) is 0 Å². The first-order valence-corrected chi connectivity index (χ1v) is 8.79. The molecule has 2 rings (SSSR count). The molecule has 0 unspecified atom stereocenters. The second-order valence-electron chi connectivity index (χ2n) is 4.84. The highest BCUT2D eigenvalue weighted by Crippen LogP contribution is 2.29. The molecule has 106 valence electrons. The molecule has 1 aliphatic rings. The largest absolute Gasteiger partial charge is 0.313 e. The lowest BCUT2D eigenvalue weighted by atomic mass is 10.2. The standard InChI is InChI=1S/C13H19BrN2O2S/c1-2-15-8-11-5-6-12(14)13(7-11)19(17,18)16-9-10-3-4-10/h5-7,10,15-16H,2-4,8-9H2,1H3. The molecule has 19 heavy (non-hydrogen) atoms. The molecule has 1 aromatic rings. The Bertz CT molecular complexity index is 542. The van der Waals surface area contributed by atoms with E-state index in [9.17, 15) is 8.42 Å². The Kier molecular flexibility index (Phi) is 5.00. The molecule has 6 heteroatoms. The first kappa shape index (κ1) is 15.0. The summed E-state index contributed by atoms with van der Waals surface area (Å²) in [5, 5.41) is 3.19. The van der Waals surface area contributed by atoms with E-state index in [0.717, 1.165) is 24.9 Å². The number of benzene rings is 1. The van der Waals surface area contributed by atoms with Gasteiger partial charge in [-0.1, -0.05) is 13.0 Å². The number of sulfonamides is 1. The fourth-order valence-corrected chi connectivity index (χ4v) is 3.89. The fraction of sp³-hybridized carbons (Fsp3) is 0.538. The smallest absolute Gasteiger partial charge is 0.241 e. The maximum absolute atomic E-state index is 12.2. The number of halogens is 1. The number of hydrogen-bond acceptors (Lipinski definition) is 3. The first-order valence-electron chi connectivity index (χ1n) is 6.51. The summed E-state index contributed by atoms with van der Waals surface area (Å²) in [5.41, 5.74) is 0.969. The molecule has 0 spiro atoms. The van der Waals surface area contributed by atoms with E-state index in [2.05, 4.69) is 26.0 Å². The Labute approximate surface area is 123 Å².